The number of methoxy groups -OCH3 is 1. The van der Waals surface area contributed by atoms with Crippen LogP contribution in [0.3, 0.4) is 0 Å². The SMILES string of the molecule is COC(=O)C1(Cc2ccccc2)CC(CNCc2nccc3ccccc23)=NO1. The Hall–Kier alpha value is -3.25. The van der Waals surface area contributed by atoms with Crippen LogP contribution in [0.2, 0.25) is 0 Å². The molecule has 0 spiro atoms. The van der Waals surface area contributed by atoms with Gasteiger partial charge < -0.3 is 14.9 Å². The fraction of sp³-hybridized carbons (Fsp3) is 0.261. The normalized spacial score (nSPS) is 18.3. The molecule has 0 amide bonds. The highest BCUT2D eigenvalue weighted by Crippen LogP contribution is 2.29. The number of aromatic nitrogens is 1. The molecule has 4 rings (SSSR count). The molecule has 1 N–H and O–H groups in total. The van der Waals surface area contributed by atoms with E-state index in [0.717, 1.165) is 27.7 Å². The lowest BCUT2D eigenvalue weighted by atomic mass is 9.89. The van der Waals surface area contributed by atoms with Crippen LogP contribution in [0.4, 0.5) is 0 Å². The molecule has 148 valence electrons. The number of rotatable bonds is 7. The summed E-state index contributed by atoms with van der Waals surface area (Å²) in [6.07, 6.45) is 2.63. The Morgan fingerprint density at radius 3 is 2.72 bits per heavy atom. The molecule has 0 saturated carbocycles. The molecule has 0 aliphatic carbocycles. The summed E-state index contributed by atoms with van der Waals surface area (Å²) in [5, 5.41) is 9.84. The van der Waals surface area contributed by atoms with E-state index in [2.05, 4.69) is 27.6 Å². The van der Waals surface area contributed by atoms with Crippen LogP contribution in [-0.2, 0) is 27.3 Å². The second-order valence-corrected chi connectivity index (χ2v) is 7.16. The Labute approximate surface area is 169 Å². The molecule has 0 bridgehead atoms. The lowest BCUT2D eigenvalue weighted by molar-refractivity contribution is -0.166. The van der Waals surface area contributed by atoms with E-state index in [4.69, 9.17) is 9.57 Å². The molecule has 1 atom stereocenters. The molecule has 2 heterocycles. The van der Waals surface area contributed by atoms with Crippen molar-refractivity contribution in [2.24, 2.45) is 5.16 Å². The molecule has 1 unspecified atom stereocenters. The second-order valence-electron chi connectivity index (χ2n) is 7.16. The third-order valence-corrected chi connectivity index (χ3v) is 5.11. The number of carbonyl (C=O) groups excluding carboxylic acids is 1. The summed E-state index contributed by atoms with van der Waals surface area (Å²) in [5.41, 5.74) is 1.66. The van der Waals surface area contributed by atoms with Crippen molar-refractivity contribution in [3.8, 4) is 0 Å². The topological polar surface area (TPSA) is 72.8 Å². The number of nitrogens with zero attached hydrogens (tertiary/aromatic N) is 2. The molecule has 1 aliphatic heterocycles. The van der Waals surface area contributed by atoms with E-state index in [9.17, 15) is 4.79 Å². The van der Waals surface area contributed by atoms with Crippen molar-refractivity contribution in [3.63, 3.8) is 0 Å². The van der Waals surface area contributed by atoms with Crippen LogP contribution >= 0.6 is 0 Å². The molecular formula is C23H23N3O3. The Bertz CT molecular complexity index is 1030. The maximum absolute atomic E-state index is 12.5. The molecule has 1 aliphatic rings. The molecule has 6 heteroatoms. The zero-order valence-electron chi connectivity index (χ0n) is 16.3. The number of hydrogen-bond acceptors (Lipinski definition) is 6. The largest absolute Gasteiger partial charge is 0.466 e. The number of pyridine rings is 1. The maximum atomic E-state index is 12.5. The predicted octanol–water partition coefficient (Wildman–Crippen LogP) is 3.26. The van der Waals surface area contributed by atoms with Crippen LogP contribution in [-0.4, -0.2) is 35.9 Å². The van der Waals surface area contributed by atoms with E-state index in [1.54, 1.807) is 0 Å². The molecule has 0 fully saturated rings. The molecule has 6 nitrogen and oxygen atoms in total. The van der Waals surface area contributed by atoms with Gasteiger partial charge in [-0.05, 0) is 17.0 Å². The second kappa shape index (κ2) is 8.41. The third-order valence-electron chi connectivity index (χ3n) is 5.11. The molecule has 0 radical (unpaired) electrons. The van der Waals surface area contributed by atoms with Crippen molar-refractivity contribution >= 4 is 22.5 Å². The number of ether oxygens (including phenoxy) is 1. The first-order valence-corrected chi connectivity index (χ1v) is 9.60. The number of nitrogens with one attached hydrogen (secondary N) is 1. The van der Waals surface area contributed by atoms with Gasteiger partial charge in [-0.15, -0.1) is 0 Å². The van der Waals surface area contributed by atoms with E-state index < -0.39 is 11.6 Å². The van der Waals surface area contributed by atoms with Crippen LogP contribution in [0, 0.1) is 0 Å². The highest BCUT2D eigenvalue weighted by molar-refractivity contribution is 5.95. The first-order valence-electron chi connectivity index (χ1n) is 9.60. The summed E-state index contributed by atoms with van der Waals surface area (Å²) >= 11 is 0. The quantitative estimate of drug-likeness (QED) is 0.628. The van der Waals surface area contributed by atoms with Crippen molar-refractivity contribution in [2.75, 3.05) is 13.7 Å². The lowest BCUT2D eigenvalue weighted by Crippen LogP contribution is -2.43. The van der Waals surface area contributed by atoms with Gasteiger partial charge in [0.05, 0.1) is 18.5 Å². The smallest absolute Gasteiger partial charge is 0.353 e. The summed E-state index contributed by atoms with van der Waals surface area (Å²) in [7, 11) is 1.38. The molecule has 2 aromatic carbocycles. The van der Waals surface area contributed by atoms with Gasteiger partial charge in [-0.25, -0.2) is 4.79 Å². The molecule has 0 saturated heterocycles. The van der Waals surface area contributed by atoms with Crippen molar-refractivity contribution < 1.29 is 14.4 Å². The molecular weight excluding hydrogens is 366 g/mol. The van der Waals surface area contributed by atoms with E-state index in [0.29, 0.717) is 25.9 Å². The van der Waals surface area contributed by atoms with E-state index in [-0.39, 0.29) is 0 Å². The molecule has 1 aromatic heterocycles. The number of benzene rings is 2. The van der Waals surface area contributed by atoms with Gasteiger partial charge in [0, 0.05) is 37.5 Å². The van der Waals surface area contributed by atoms with Gasteiger partial charge >= 0.3 is 5.97 Å². The van der Waals surface area contributed by atoms with Gasteiger partial charge in [-0.2, -0.15) is 0 Å². The van der Waals surface area contributed by atoms with Gasteiger partial charge in [-0.1, -0.05) is 59.8 Å². The van der Waals surface area contributed by atoms with Gasteiger partial charge in [0.1, 0.15) is 0 Å². The Morgan fingerprint density at radius 2 is 1.90 bits per heavy atom. The average Bonchev–Trinajstić information content (AvgIpc) is 3.18. The summed E-state index contributed by atoms with van der Waals surface area (Å²) in [6.45, 7) is 1.11. The Kier molecular flexibility index (Phi) is 5.53. The van der Waals surface area contributed by atoms with Gasteiger partial charge in [0.2, 0.25) is 5.60 Å². The number of oxime groups is 1. The first kappa shape index (κ1) is 19.1. The zero-order valence-corrected chi connectivity index (χ0v) is 16.3. The minimum Gasteiger partial charge on any atom is -0.466 e. The minimum atomic E-state index is -1.11. The van der Waals surface area contributed by atoms with E-state index >= 15 is 0 Å². The standard InChI is InChI=1S/C23H23N3O3/c1-28-22(27)23(13-17-7-3-2-4-8-17)14-19(26-29-23)15-24-16-21-20-10-6-5-9-18(20)11-12-25-21/h2-12,24H,13-16H2,1H3. The van der Waals surface area contributed by atoms with Crippen molar-refractivity contribution in [3.05, 3.63) is 78.1 Å². The maximum Gasteiger partial charge on any atom is 0.353 e. The van der Waals surface area contributed by atoms with Gasteiger partial charge in [-0.3, -0.25) is 4.98 Å². The van der Waals surface area contributed by atoms with Crippen molar-refractivity contribution in [1.29, 1.82) is 0 Å². The number of hydrogen-bond donors (Lipinski definition) is 1. The molecule has 29 heavy (non-hydrogen) atoms. The fourth-order valence-corrected chi connectivity index (χ4v) is 3.68. The molecule has 3 aromatic rings. The van der Waals surface area contributed by atoms with Crippen LogP contribution < -0.4 is 5.32 Å². The van der Waals surface area contributed by atoms with Crippen LogP contribution in [0.1, 0.15) is 17.7 Å². The van der Waals surface area contributed by atoms with Gasteiger partial charge in [0.25, 0.3) is 0 Å². The first-order chi connectivity index (χ1) is 14.2. The van der Waals surface area contributed by atoms with E-state index in [1.807, 2.05) is 54.7 Å². The van der Waals surface area contributed by atoms with Crippen LogP contribution in [0.25, 0.3) is 10.8 Å². The fourth-order valence-electron chi connectivity index (χ4n) is 3.68. The van der Waals surface area contributed by atoms with Gasteiger partial charge in [0.15, 0.2) is 0 Å². The Morgan fingerprint density at radius 1 is 1.10 bits per heavy atom. The third kappa shape index (κ3) is 4.12. The lowest BCUT2D eigenvalue weighted by Gasteiger charge is -2.23. The highest BCUT2D eigenvalue weighted by atomic mass is 16.7. The van der Waals surface area contributed by atoms with Crippen molar-refractivity contribution in [2.45, 2.75) is 25.0 Å². The minimum absolute atomic E-state index is 0.393. The average molecular weight is 389 g/mol. The summed E-state index contributed by atoms with van der Waals surface area (Å²) in [5.74, 6) is -0.407. The summed E-state index contributed by atoms with van der Waals surface area (Å²) < 4.78 is 5.01. The van der Waals surface area contributed by atoms with Crippen LogP contribution in [0.15, 0.2) is 72.0 Å². The number of carbonyl (C=O) groups is 1. The summed E-state index contributed by atoms with van der Waals surface area (Å²) in [6, 6.07) is 19.9. The predicted molar refractivity (Wildman–Crippen MR) is 111 cm³/mol. The van der Waals surface area contributed by atoms with Crippen LogP contribution in [0.5, 0.6) is 0 Å². The monoisotopic (exact) mass is 389 g/mol. The Balaban J connectivity index is 1.40. The number of esters is 1. The zero-order chi connectivity index (χ0) is 20.1. The van der Waals surface area contributed by atoms with E-state index in [1.165, 1.54) is 7.11 Å². The number of fused-ring (bicyclic) bond motifs is 1. The van der Waals surface area contributed by atoms with Crippen molar-refractivity contribution in [1.82, 2.24) is 10.3 Å². The highest BCUT2D eigenvalue weighted by Gasteiger charge is 2.47. The summed E-state index contributed by atoms with van der Waals surface area (Å²) in [4.78, 5) is 22.6.